The Labute approximate surface area is 155 Å². The smallest absolute Gasteiger partial charge is 0.326 e. The lowest BCUT2D eigenvalue weighted by molar-refractivity contribution is -0.142. The van der Waals surface area contributed by atoms with E-state index in [2.05, 4.69) is 20.8 Å². The van der Waals surface area contributed by atoms with Gasteiger partial charge in [-0.1, -0.05) is 25.4 Å². The fourth-order valence-electron chi connectivity index (χ4n) is 2.20. The molecule has 0 spiro atoms. The van der Waals surface area contributed by atoms with Gasteiger partial charge < -0.3 is 15.2 Å². The van der Waals surface area contributed by atoms with Gasteiger partial charge in [0.05, 0.1) is 0 Å². The SMILES string of the molecule is CC(C)CC(NC(=O)Cn1nnnc1COc1ccc(Cl)cc1)C(=O)O. The van der Waals surface area contributed by atoms with Crippen molar-refractivity contribution in [2.45, 2.75) is 39.5 Å². The molecule has 1 atom stereocenters. The minimum atomic E-state index is -1.07. The molecule has 0 bridgehead atoms. The quantitative estimate of drug-likeness (QED) is 0.675. The van der Waals surface area contributed by atoms with E-state index in [0.29, 0.717) is 23.0 Å². The van der Waals surface area contributed by atoms with Crippen LogP contribution in [-0.4, -0.2) is 43.2 Å². The zero-order valence-electron chi connectivity index (χ0n) is 14.4. The maximum Gasteiger partial charge on any atom is 0.326 e. The summed E-state index contributed by atoms with van der Waals surface area (Å²) in [5.74, 6) is -0.511. The molecule has 1 amide bonds. The highest BCUT2D eigenvalue weighted by atomic mass is 35.5. The Balaban J connectivity index is 1.93. The van der Waals surface area contributed by atoms with Gasteiger partial charge in [0, 0.05) is 5.02 Å². The maximum atomic E-state index is 12.1. The highest BCUT2D eigenvalue weighted by Crippen LogP contribution is 2.16. The summed E-state index contributed by atoms with van der Waals surface area (Å²) in [6.07, 6.45) is 0.337. The number of tetrazole rings is 1. The van der Waals surface area contributed by atoms with Gasteiger partial charge >= 0.3 is 5.97 Å². The first-order valence-electron chi connectivity index (χ1n) is 8.00. The van der Waals surface area contributed by atoms with Gasteiger partial charge in [0.1, 0.15) is 24.9 Å². The molecule has 2 N–H and O–H groups in total. The van der Waals surface area contributed by atoms with Crippen molar-refractivity contribution >= 4 is 23.5 Å². The van der Waals surface area contributed by atoms with E-state index in [4.69, 9.17) is 16.3 Å². The van der Waals surface area contributed by atoms with E-state index in [1.807, 2.05) is 13.8 Å². The molecule has 0 aliphatic heterocycles. The number of carboxylic acids is 1. The van der Waals surface area contributed by atoms with Crippen molar-refractivity contribution in [3.05, 3.63) is 35.1 Å². The highest BCUT2D eigenvalue weighted by molar-refractivity contribution is 6.30. The van der Waals surface area contributed by atoms with Gasteiger partial charge in [-0.05, 0) is 47.0 Å². The number of ether oxygens (including phenoxy) is 1. The zero-order chi connectivity index (χ0) is 19.1. The summed E-state index contributed by atoms with van der Waals surface area (Å²) in [6.45, 7) is 3.62. The average molecular weight is 382 g/mol. The van der Waals surface area contributed by atoms with Crippen LogP contribution in [0.1, 0.15) is 26.1 Å². The third kappa shape index (κ3) is 5.99. The molecule has 0 aliphatic rings. The second-order valence-corrected chi connectivity index (χ2v) is 6.52. The number of hydrogen-bond acceptors (Lipinski definition) is 6. The number of halogens is 1. The predicted molar refractivity (Wildman–Crippen MR) is 92.6 cm³/mol. The van der Waals surface area contributed by atoms with Gasteiger partial charge in [-0.2, -0.15) is 0 Å². The standard InChI is InChI=1S/C16H20ClN5O4/c1-10(2)7-13(16(24)25)18-15(23)8-22-14(19-20-21-22)9-26-12-5-3-11(17)4-6-12/h3-6,10,13H,7-9H2,1-2H3,(H,18,23)(H,24,25). The topological polar surface area (TPSA) is 119 Å². The molecule has 2 aromatic rings. The molecule has 9 nitrogen and oxygen atoms in total. The third-order valence-electron chi connectivity index (χ3n) is 3.42. The van der Waals surface area contributed by atoms with Crippen LogP contribution in [0, 0.1) is 5.92 Å². The number of amides is 1. The van der Waals surface area contributed by atoms with Gasteiger partial charge in [0.15, 0.2) is 5.82 Å². The molecule has 2 rings (SSSR count). The number of nitrogens with zero attached hydrogens (tertiary/aromatic N) is 4. The summed E-state index contributed by atoms with van der Waals surface area (Å²) in [6, 6.07) is 5.83. The van der Waals surface area contributed by atoms with Crippen LogP contribution in [0.25, 0.3) is 0 Å². The molecule has 140 valence electrons. The number of carboxylic acid groups (broad SMARTS) is 1. The van der Waals surface area contributed by atoms with E-state index in [1.165, 1.54) is 4.68 Å². The Morgan fingerprint density at radius 1 is 1.31 bits per heavy atom. The van der Waals surface area contributed by atoms with Crippen molar-refractivity contribution in [1.29, 1.82) is 0 Å². The summed E-state index contributed by atoms with van der Waals surface area (Å²) in [4.78, 5) is 23.4. The first kappa shape index (κ1) is 19.6. The van der Waals surface area contributed by atoms with Crippen molar-refractivity contribution in [3.8, 4) is 5.75 Å². The number of rotatable bonds is 9. The molecule has 26 heavy (non-hydrogen) atoms. The largest absolute Gasteiger partial charge is 0.486 e. The molecule has 1 aromatic carbocycles. The fraction of sp³-hybridized carbons (Fsp3) is 0.438. The van der Waals surface area contributed by atoms with E-state index in [0.717, 1.165) is 0 Å². The molecule has 1 aromatic heterocycles. The Morgan fingerprint density at radius 3 is 2.62 bits per heavy atom. The van der Waals surface area contributed by atoms with Crippen molar-refractivity contribution in [2.24, 2.45) is 5.92 Å². The van der Waals surface area contributed by atoms with Crippen LogP contribution in [0.5, 0.6) is 5.75 Å². The average Bonchev–Trinajstić information content (AvgIpc) is 3.00. The number of benzene rings is 1. The summed E-state index contributed by atoms with van der Waals surface area (Å²) in [5.41, 5.74) is 0. The molecule has 0 aliphatic carbocycles. The monoisotopic (exact) mass is 381 g/mol. The molecule has 0 saturated heterocycles. The van der Waals surface area contributed by atoms with Crippen LogP contribution in [0.4, 0.5) is 0 Å². The summed E-state index contributed by atoms with van der Waals surface area (Å²) in [5, 5.41) is 23.4. The van der Waals surface area contributed by atoms with Crippen molar-refractivity contribution in [2.75, 3.05) is 0 Å². The second-order valence-electron chi connectivity index (χ2n) is 6.08. The van der Waals surface area contributed by atoms with E-state index in [9.17, 15) is 14.7 Å². The highest BCUT2D eigenvalue weighted by Gasteiger charge is 2.22. The molecular weight excluding hydrogens is 362 g/mol. The molecule has 1 heterocycles. The number of aliphatic carboxylic acids is 1. The minimum absolute atomic E-state index is 0.0519. The number of hydrogen-bond donors (Lipinski definition) is 2. The van der Waals surface area contributed by atoms with Crippen molar-refractivity contribution in [3.63, 3.8) is 0 Å². The third-order valence-corrected chi connectivity index (χ3v) is 3.67. The number of aromatic nitrogens is 4. The van der Waals surface area contributed by atoms with Crippen LogP contribution < -0.4 is 10.1 Å². The Morgan fingerprint density at radius 2 is 2.00 bits per heavy atom. The lowest BCUT2D eigenvalue weighted by Crippen LogP contribution is -2.43. The van der Waals surface area contributed by atoms with E-state index in [1.54, 1.807) is 24.3 Å². The molecule has 1 unspecified atom stereocenters. The van der Waals surface area contributed by atoms with Crippen LogP contribution in [0.2, 0.25) is 5.02 Å². The molecular formula is C16H20ClN5O4. The van der Waals surface area contributed by atoms with E-state index >= 15 is 0 Å². The van der Waals surface area contributed by atoms with E-state index < -0.39 is 17.9 Å². The van der Waals surface area contributed by atoms with Gasteiger partial charge in [-0.25, -0.2) is 9.48 Å². The van der Waals surface area contributed by atoms with Crippen LogP contribution in [0.15, 0.2) is 24.3 Å². The Kier molecular flexibility index (Phi) is 6.90. The van der Waals surface area contributed by atoms with Crippen LogP contribution >= 0.6 is 11.6 Å². The summed E-state index contributed by atoms with van der Waals surface area (Å²) in [7, 11) is 0. The van der Waals surface area contributed by atoms with Crippen LogP contribution in [0.3, 0.4) is 0 Å². The molecule has 0 radical (unpaired) electrons. The van der Waals surface area contributed by atoms with Gasteiger partial charge in [-0.15, -0.1) is 5.10 Å². The molecule has 0 fully saturated rings. The number of nitrogens with one attached hydrogen (secondary N) is 1. The first-order chi connectivity index (χ1) is 12.3. The van der Waals surface area contributed by atoms with Gasteiger partial charge in [0.2, 0.25) is 5.91 Å². The normalized spacial score (nSPS) is 12.0. The molecule has 0 saturated carbocycles. The maximum absolute atomic E-state index is 12.1. The van der Waals surface area contributed by atoms with Gasteiger partial charge in [-0.3, -0.25) is 4.79 Å². The van der Waals surface area contributed by atoms with Crippen molar-refractivity contribution < 1.29 is 19.4 Å². The van der Waals surface area contributed by atoms with Crippen molar-refractivity contribution in [1.82, 2.24) is 25.5 Å². The zero-order valence-corrected chi connectivity index (χ0v) is 15.2. The van der Waals surface area contributed by atoms with Crippen LogP contribution in [-0.2, 0) is 22.7 Å². The lowest BCUT2D eigenvalue weighted by Gasteiger charge is -2.16. The molecule has 10 heteroatoms. The second kappa shape index (κ2) is 9.14. The number of carbonyl (C=O) groups is 2. The predicted octanol–water partition coefficient (Wildman–Crippen LogP) is 1.52. The Bertz CT molecular complexity index is 747. The lowest BCUT2D eigenvalue weighted by atomic mass is 10.0. The van der Waals surface area contributed by atoms with Gasteiger partial charge in [0.25, 0.3) is 0 Å². The minimum Gasteiger partial charge on any atom is -0.486 e. The first-order valence-corrected chi connectivity index (χ1v) is 8.38. The number of carbonyl (C=O) groups excluding carboxylic acids is 1. The fourth-order valence-corrected chi connectivity index (χ4v) is 2.32. The van der Waals surface area contributed by atoms with E-state index in [-0.39, 0.29) is 19.1 Å². The Hall–Kier alpha value is -2.68. The summed E-state index contributed by atoms with van der Waals surface area (Å²) < 4.78 is 6.82. The summed E-state index contributed by atoms with van der Waals surface area (Å²) >= 11 is 5.81.